The molecular weight excluding hydrogens is 282 g/mol. The van der Waals surface area contributed by atoms with Gasteiger partial charge < -0.3 is 10.2 Å². The van der Waals surface area contributed by atoms with Gasteiger partial charge in [0.2, 0.25) is 11.6 Å². The van der Waals surface area contributed by atoms with E-state index in [0.29, 0.717) is 23.6 Å². The van der Waals surface area contributed by atoms with Crippen LogP contribution in [0, 0.1) is 16.0 Å². The van der Waals surface area contributed by atoms with E-state index in [-0.39, 0.29) is 10.6 Å². The zero-order valence-corrected chi connectivity index (χ0v) is 13.0. The topological polar surface area (TPSA) is 84.2 Å². The van der Waals surface area contributed by atoms with Gasteiger partial charge in [0.25, 0.3) is 0 Å². The van der Waals surface area contributed by atoms with Crippen LogP contribution in [0.2, 0.25) is 0 Å². The molecule has 1 saturated heterocycles. The van der Waals surface area contributed by atoms with E-state index in [1.807, 2.05) is 4.90 Å². The number of anilines is 2. The van der Waals surface area contributed by atoms with Crippen molar-refractivity contribution < 1.29 is 4.92 Å². The van der Waals surface area contributed by atoms with Crippen molar-refractivity contribution in [1.82, 2.24) is 9.97 Å². The van der Waals surface area contributed by atoms with Crippen LogP contribution in [0.1, 0.15) is 45.4 Å². The molecule has 1 unspecified atom stereocenters. The quantitative estimate of drug-likeness (QED) is 0.680. The minimum atomic E-state index is -0.341. The molecule has 2 fully saturated rings. The predicted octanol–water partition coefficient (Wildman–Crippen LogP) is 2.98. The molecule has 1 aromatic rings. The summed E-state index contributed by atoms with van der Waals surface area (Å²) in [5.41, 5.74) is 0.0310. The second-order valence-electron chi connectivity index (χ2n) is 6.47. The molecule has 1 N–H and O–H groups in total. The first-order chi connectivity index (χ1) is 10.6. The Morgan fingerprint density at radius 2 is 2.05 bits per heavy atom. The number of rotatable bonds is 4. The molecule has 1 aliphatic carbocycles. The summed E-state index contributed by atoms with van der Waals surface area (Å²) in [6, 6.07) is 0.293. The molecule has 120 valence electrons. The largest absolute Gasteiger partial charge is 0.361 e. The van der Waals surface area contributed by atoms with Crippen LogP contribution in [0.4, 0.5) is 17.3 Å². The van der Waals surface area contributed by atoms with Crippen molar-refractivity contribution in [2.75, 3.05) is 23.3 Å². The Labute approximate surface area is 130 Å². The first-order valence-corrected chi connectivity index (χ1v) is 8.16. The molecule has 1 aliphatic heterocycles. The molecule has 0 bridgehead atoms. The molecule has 0 amide bonds. The van der Waals surface area contributed by atoms with E-state index in [0.717, 1.165) is 32.4 Å². The lowest BCUT2D eigenvalue weighted by molar-refractivity contribution is -0.383. The molecule has 3 rings (SSSR count). The Bertz CT molecular complexity index is 545. The molecule has 1 saturated carbocycles. The predicted molar refractivity (Wildman–Crippen MR) is 85.2 cm³/mol. The maximum absolute atomic E-state index is 11.6. The third-order valence-corrected chi connectivity index (χ3v) is 4.64. The van der Waals surface area contributed by atoms with Gasteiger partial charge in [0, 0.05) is 19.1 Å². The second-order valence-corrected chi connectivity index (χ2v) is 6.47. The van der Waals surface area contributed by atoms with Gasteiger partial charge in [-0.15, -0.1) is 0 Å². The van der Waals surface area contributed by atoms with Crippen LogP contribution in [0.3, 0.4) is 0 Å². The van der Waals surface area contributed by atoms with Crippen molar-refractivity contribution in [3.8, 4) is 0 Å². The molecule has 0 aromatic carbocycles. The SMILES string of the molecule is CC1CCCN(c2ncnc(NC3CCCC3)c2[N+](=O)[O-])C1. The molecule has 7 nitrogen and oxygen atoms in total. The Hall–Kier alpha value is -1.92. The number of hydrogen-bond acceptors (Lipinski definition) is 6. The van der Waals surface area contributed by atoms with Crippen molar-refractivity contribution in [1.29, 1.82) is 0 Å². The van der Waals surface area contributed by atoms with E-state index in [1.54, 1.807) is 0 Å². The zero-order valence-electron chi connectivity index (χ0n) is 13.0. The smallest absolute Gasteiger partial charge is 0.353 e. The second kappa shape index (κ2) is 6.46. The highest BCUT2D eigenvalue weighted by atomic mass is 16.6. The fraction of sp³-hybridized carbons (Fsp3) is 0.733. The van der Waals surface area contributed by atoms with Crippen LogP contribution in [-0.2, 0) is 0 Å². The number of hydrogen-bond donors (Lipinski definition) is 1. The Kier molecular flexibility index (Phi) is 4.40. The van der Waals surface area contributed by atoms with Gasteiger partial charge in [-0.3, -0.25) is 10.1 Å². The molecule has 0 spiro atoms. The van der Waals surface area contributed by atoms with E-state index in [1.165, 1.54) is 25.6 Å². The fourth-order valence-electron chi connectivity index (χ4n) is 3.52. The summed E-state index contributed by atoms with van der Waals surface area (Å²) in [6.07, 6.45) is 8.11. The Morgan fingerprint density at radius 3 is 2.73 bits per heavy atom. The minimum Gasteiger partial charge on any atom is -0.361 e. The zero-order chi connectivity index (χ0) is 15.5. The van der Waals surface area contributed by atoms with Gasteiger partial charge in [0.05, 0.1) is 4.92 Å². The van der Waals surface area contributed by atoms with Crippen molar-refractivity contribution in [3.05, 3.63) is 16.4 Å². The third-order valence-electron chi connectivity index (χ3n) is 4.64. The average Bonchev–Trinajstić information content (AvgIpc) is 2.99. The summed E-state index contributed by atoms with van der Waals surface area (Å²) in [5, 5.41) is 14.9. The van der Waals surface area contributed by atoms with Crippen LogP contribution in [0.5, 0.6) is 0 Å². The lowest BCUT2D eigenvalue weighted by Crippen LogP contribution is -2.35. The molecule has 22 heavy (non-hydrogen) atoms. The average molecular weight is 305 g/mol. The number of nitrogens with zero attached hydrogens (tertiary/aromatic N) is 4. The van der Waals surface area contributed by atoms with Crippen LogP contribution in [0.15, 0.2) is 6.33 Å². The van der Waals surface area contributed by atoms with Gasteiger partial charge in [-0.2, -0.15) is 0 Å². The summed E-state index contributed by atoms with van der Waals surface area (Å²) in [5.74, 6) is 1.38. The summed E-state index contributed by atoms with van der Waals surface area (Å²) in [6.45, 7) is 3.82. The lowest BCUT2D eigenvalue weighted by atomic mass is 10.0. The van der Waals surface area contributed by atoms with Gasteiger partial charge in [-0.25, -0.2) is 9.97 Å². The number of piperidine rings is 1. The number of nitrogens with one attached hydrogen (secondary N) is 1. The maximum Gasteiger partial charge on any atom is 0.353 e. The van der Waals surface area contributed by atoms with Gasteiger partial charge >= 0.3 is 5.69 Å². The highest BCUT2D eigenvalue weighted by Crippen LogP contribution is 2.35. The van der Waals surface area contributed by atoms with Crippen LogP contribution in [-0.4, -0.2) is 34.0 Å². The standard InChI is InChI=1S/C15H23N5O2/c1-11-5-4-8-19(9-11)15-13(20(21)22)14(16-10-17-15)18-12-6-2-3-7-12/h10-12H,2-9H2,1H3,(H,16,17,18). The van der Waals surface area contributed by atoms with E-state index in [2.05, 4.69) is 22.2 Å². The van der Waals surface area contributed by atoms with Gasteiger partial charge in [0.15, 0.2) is 0 Å². The lowest BCUT2D eigenvalue weighted by Gasteiger charge is -2.31. The molecule has 2 heterocycles. The summed E-state index contributed by atoms with van der Waals surface area (Å²) >= 11 is 0. The van der Waals surface area contributed by atoms with E-state index in [4.69, 9.17) is 0 Å². The molecular formula is C15H23N5O2. The van der Waals surface area contributed by atoms with Crippen LogP contribution >= 0.6 is 0 Å². The van der Waals surface area contributed by atoms with Crippen molar-refractivity contribution >= 4 is 17.3 Å². The molecule has 7 heteroatoms. The third kappa shape index (κ3) is 3.13. The summed E-state index contributed by atoms with van der Waals surface area (Å²) in [4.78, 5) is 21.7. The Balaban J connectivity index is 1.89. The minimum absolute atomic E-state index is 0.0310. The molecule has 1 aromatic heterocycles. The van der Waals surface area contributed by atoms with Crippen molar-refractivity contribution in [3.63, 3.8) is 0 Å². The monoisotopic (exact) mass is 305 g/mol. The highest BCUT2D eigenvalue weighted by Gasteiger charge is 2.30. The normalized spacial score (nSPS) is 22.8. The highest BCUT2D eigenvalue weighted by molar-refractivity contribution is 5.70. The molecule has 2 aliphatic rings. The molecule has 1 atom stereocenters. The molecule has 0 radical (unpaired) electrons. The fourth-order valence-corrected chi connectivity index (χ4v) is 3.52. The number of aromatic nitrogens is 2. The van der Waals surface area contributed by atoms with Crippen molar-refractivity contribution in [2.24, 2.45) is 5.92 Å². The van der Waals surface area contributed by atoms with Gasteiger partial charge in [0.1, 0.15) is 6.33 Å². The Morgan fingerprint density at radius 1 is 1.27 bits per heavy atom. The van der Waals surface area contributed by atoms with Gasteiger partial charge in [-0.1, -0.05) is 19.8 Å². The maximum atomic E-state index is 11.6. The first kappa shape index (κ1) is 15.0. The van der Waals surface area contributed by atoms with Crippen LogP contribution in [0.25, 0.3) is 0 Å². The summed E-state index contributed by atoms with van der Waals surface area (Å²) < 4.78 is 0. The van der Waals surface area contributed by atoms with Crippen LogP contribution < -0.4 is 10.2 Å². The summed E-state index contributed by atoms with van der Waals surface area (Å²) in [7, 11) is 0. The number of nitro groups is 1. The van der Waals surface area contributed by atoms with Crippen molar-refractivity contribution in [2.45, 2.75) is 51.5 Å². The van der Waals surface area contributed by atoms with E-state index in [9.17, 15) is 10.1 Å². The first-order valence-electron chi connectivity index (χ1n) is 8.16. The van der Waals surface area contributed by atoms with E-state index >= 15 is 0 Å². The van der Waals surface area contributed by atoms with E-state index < -0.39 is 0 Å². The van der Waals surface area contributed by atoms with Gasteiger partial charge in [-0.05, 0) is 31.6 Å².